The molecule has 3 aliphatic rings. The highest BCUT2D eigenvalue weighted by Crippen LogP contribution is 2.48. The van der Waals surface area contributed by atoms with Gasteiger partial charge in [-0.15, -0.1) is 23.5 Å². The largest absolute Gasteiger partial charge is 0.477 e. The number of hydrogen-bond acceptors (Lipinski definition) is 7. The Balaban J connectivity index is 1.36. The first-order valence-electron chi connectivity index (χ1n) is 9.36. The molecular weight excluding hydrogens is 398 g/mol. The predicted octanol–water partition coefficient (Wildman–Crippen LogP) is 1.55. The van der Waals surface area contributed by atoms with Crippen molar-refractivity contribution in [1.82, 2.24) is 15.2 Å². The lowest BCUT2D eigenvalue weighted by Crippen LogP contribution is -2.61. The van der Waals surface area contributed by atoms with Crippen molar-refractivity contribution in [2.45, 2.75) is 48.1 Å². The van der Waals surface area contributed by atoms with E-state index in [9.17, 15) is 19.8 Å². The number of thioether (sulfide) groups is 2. The summed E-state index contributed by atoms with van der Waals surface area (Å²) in [6.45, 7) is 2.42. The highest BCUT2D eigenvalue weighted by Gasteiger charge is 2.57. The maximum Gasteiger partial charge on any atom is 0.353 e. The SMILES string of the molecule is C[C@@H](O)[C@H]1C(=O)N2C(C(=O)O)=C(S[C@@H]3CN[C@H](CSc4ccncc4)C3)C[C@H]12. The Bertz CT molecular complexity index is 802. The molecule has 1 aromatic rings. The quantitative estimate of drug-likeness (QED) is 0.450. The number of nitrogens with one attached hydrogen (secondary N) is 1. The van der Waals surface area contributed by atoms with Crippen LogP contribution in [0.4, 0.5) is 0 Å². The number of fused-ring (bicyclic) bond motifs is 1. The fraction of sp³-hybridized carbons (Fsp3) is 0.526. The second-order valence-corrected chi connectivity index (χ2v) is 9.89. The second-order valence-electron chi connectivity index (χ2n) is 7.40. The van der Waals surface area contributed by atoms with Crippen LogP contribution in [0.25, 0.3) is 0 Å². The first-order valence-corrected chi connectivity index (χ1v) is 11.2. The van der Waals surface area contributed by atoms with Crippen LogP contribution in [-0.4, -0.2) is 67.7 Å². The van der Waals surface area contributed by atoms with E-state index in [2.05, 4.69) is 10.3 Å². The molecule has 5 atom stereocenters. The van der Waals surface area contributed by atoms with E-state index in [1.165, 1.54) is 9.80 Å². The molecule has 0 aliphatic carbocycles. The summed E-state index contributed by atoms with van der Waals surface area (Å²) in [4.78, 5) is 31.4. The Labute approximate surface area is 172 Å². The number of aliphatic carboxylic acids is 1. The van der Waals surface area contributed by atoms with Crippen LogP contribution < -0.4 is 5.32 Å². The van der Waals surface area contributed by atoms with E-state index in [0.29, 0.717) is 12.5 Å². The number of β-lactam (4-membered cyclic amide) rings is 1. The number of carbonyl (C=O) groups excluding carboxylic acids is 1. The summed E-state index contributed by atoms with van der Waals surface area (Å²) in [6.07, 6.45) is 4.30. The maximum absolute atomic E-state index is 12.3. The molecule has 7 nitrogen and oxygen atoms in total. The summed E-state index contributed by atoms with van der Waals surface area (Å²) in [5, 5.41) is 23.3. The Kier molecular flexibility index (Phi) is 5.69. The molecule has 4 heterocycles. The third-order valence-corrected chi connectivity index (χ3v) is 7.99. The Hall–Kier alpha value is -1.55. The summed E-state index contributed by atoms with van der Waals surface area (Å²) in [6, 6.07) is 4.14. The normalized spacial score (nSPS) is 30.4. The van der Waals surface area contributed by atoms with Crippen LogP contribution in [0.1, 0.15) is 19.8 Å². The average molecular weight is 422 g/mol. The van der Waals surface area contributed by atoms with Gasteiger partial charge in [0.1, 0.15) is 5.70 Å². The summed E-state index contributed by atoms with van der Waals surface area (Å²) in [7, 11) is 0. The number of carbonyl (C=O) groups is 2. The summed E-state index contributed by atoms with van der Waals surface area (Å²) in [5.74, 6) is -0.871. The van der Waals surface area contributed by atoms with Gasteiger partial charge in [-0.25, -0.2) is 4.79 Å². The van der Waals surface area contributed by atoms with Gasteiger partial charge in [-0.2, -0.15) is 0 Å². The first-order chi connectivity index (χ1) is 13.5. The van der Waals surface area contributed by atoms with E-state index in [1.807, 2.05) is 12.1 Å². The molecule has 28 heavy (non-hydrogen) atoms. The van der Waals surface area contributed by atoms with Crippen LogP contribution >= 0.6 is 23.5 Å². The Morgan fingerprint density at radius 1 is 1.43 bits per heavy atom. The number of rotatable bonds is 7. The maximum atomic E-state index is 12.3. The van der Waals surface area contributed by atoms with Crippen LogP contribution in [0, 0.1) is 5.92 Å². The standard InChI is InChI=1S/C19H23N3O4S2/c1-10(23)16-14-7-15(17(19(25)26)22(14)18(16)24)28-13-6-11(21-8-13)9-27-12-2-4-20-5-3-12/h2-5,10-11,13-14,16,21,23H,6-9H2,1H3,(H,25,26)/t10-,11+,13+,14-,16-/m1/s1. The number of carboxylic acids is 1. The average Bonchev–Trinajstić information content (AvgIpc) is 3.23. The van der Waals surface area contributed by atoms with E-state index in [4.69, 9.17) is 0 Å². The van der Waals surface area contributed by atoms with Gasteiger partial charge in [0.15, 0.2) is 0 Å². The molecular formula is C19H23N3O4S2. The van der Waals surface area contributed by atoms with Gasteiger partial charge in [0, 0.05) is 52.2 Å². The molecule has 2 saturated heterocycles. The van der Waals surface area contributed by atoms with Gasteiger partial charge in [-0.1, -0.05) is 0 Å². The number of pyridine rings is 1. The van der Waals surface area contributed by atoms with Gasteiger partial charge >= 0.3 is 5.97 Å². The zero-order chi connectivity index (χ0) is 19.8. The molecule has 0 unspecified atom stereocenters. The molecule has 9 heteroatoms. The van der Waals surface area contributed by atoms with E-state index < -0.39 is 18.0 Å². The van der Waals surface area contributed by atoms with Gasteiger partial charge in [-0.3, -0.25) is 9.78 Å². The third-order valence-electron chi connectivity index (χ3n) is 5.48. The van der Waals surface area contributed by atoms with Crippen molar-refractivity contribution in [3.8, 4) is 0 Å². The summed E-state index contributed by atoms with van der Waals surface area (Å²) in [5.41, 5.74) is 0.117. The van der Waals surface area contributed by atoms with Crippen molar-refractivity contribution in [2.24, 2.45) is 5.92 Å². The minimum Gasteiger partial charge on any atom is -0.477 e. The highest BCUT2D eigenvalue weighted by atomic mass is 32.2. The van der Waals surface area contributed by atoms with E-state index in [0.717, 1.165) is 23.6 Å². The first kappa shape index (κ1) is 19.8. The zero-order valence-corrected chi connectivity index (χ0v) is 17.1. The Morgan fingerprint density at radius 3 is 2.86 bits per heavy atom. The number of aliphatic hydroxyl groups is 1. The van der Waals surface area contributed by atoms with Crippen molar-refractivity contribution < 1.29 is 19.8 Å². The molecule has 1 aromatic heterocycles. The van der Waals surface area contributed by atoms with Crippen molar-refractivity contribution in [2.75, 3.05) is 12.3 Å². The molecule has 3 aliphatic heterocycles. The van der Waals surface area contributed by atoms with Crippen molar-refractivity contribution in [3.05, 3.63) is 35.1 Å². The lowest BCUT2D eigenvalue weighted by Gasteiger charge is -2.44. The van der Waals surface area contributed by atoms with Gasteiger partial charge in [0.2, 0.25) is 5.91 Å². The van der Waals surface area contributed by atoms with Gasteiger partial charge in [0.25, 0.3) is 0 Å². The monoisotopic (exact) mass is 421 g/mol. The number of aromatic nitrogens is 1. The molecule has 0 bridgehead atoms. The van der Waals surface area contributed by atoms with E-state index in [-0.39, 0.29) is 22.9 Å². The molecule has 1 amide bonds. The number of hydrogen-bond donors (Lipinski definition) is 3. The Morgan fingerprint density at radius 2 is 2.18 bits per heavy atom. The zero-order valence-electron chi connectivity index (χ0n) is 15.4. The molecule has 4 rings (SSSR count). The van der Waals surface area contributed by atoms with Gasteiger partial charge in [-0.05, 0) is 25.5 Å². The van der Waals surface area contributed by atoms with Crippen LogP contribution in [0.5, 0.6) is 0 Å². The number of nitrogens with zero attached hydrogens (tertiary/aromatic N) is 2. The van der Waals surface area contributed by atoms with E-state index in [1.54, 1.807) is 42.8 Å². The molecule has 2 fully saturated rings. The fourth-order valence-corrected chi connectivity index (χ4v) is 6.60. The van der Waals surface area contributed by atoms with Gasteiger partial charge in [0.05, 0.1) is 18.1 Å². The highest BCUT2D eigenvalue weighted by molar-refractivity contribution is 8.03. The van der Waals surface area contributed by atoms with Gasteiger partial charge < -0.3 is 20.4 Å². The van der Waals surface area contributed by atoms with Crippen molar-refractivity contribution in [1.29, 1.82) is 0 Å². The van der Waals surface area contributed by atoms with Crippen LogP contribution in [0.15, 0.2) is 40.0 Å². The van der Waals surface area contributed by atoms with Crippen LogP contribution in [-0.2, 0) is 9.59 Å². The molecule has 3 N–H and O–H groups in total. The number of carboxylic acid groups (broad SMARTS) is 1. The van der Waals surface area contributed by atoms with Crippen molar-refractivity contribution >= 4 is 35.4 Å². The van der Waals surface area contributed by atoms with E-state index >= 15 is 0 Å². The molecule has 0 saturated carbocycles. The molecule has 0 spiro atoms. The topological polar surface area (TPSA) is 103 Å². The molecule has 0 aromatic carbocycles. The lowest BCUT2D eigenvalue weighted by molar-refractivity contribution is -0.161. The third kappa shape index (κ3) is 3.68. The second kappa shape index (κ2) is 8.06. The molecule has 0 radical (unpaired) electrons. The lowest BCUT2D eigenvalue weighted by atomic mass is 9.83. The van der Waals surface area contributed by atoms with Crippen LogP contribution in [0.3, 0.4) is 0 Å². The predicted molar refractivity (Wildman–Crippen MR) is 108 cm³/mol. The van der Waals surface area contributed by atoms with Crippen molar-refractivity contribution in [3.63, 3.8) is 0 Å². The fourth-order valence-electron chi connectivity index (χ4n) is 4.17. The molecule has 150 valence electrons. The summed E-state index contributed by atoms with van der Waals surface area (Å²) < 4.78 is 0. The van der Waals surface area contributed by atoms with Crippen LogP contribution in [0.2, 0.25) is 0 Å². The summed E-state index contributed by atoms with van der Waals surface area (Å²) >= 11 is 3.37. The number of aliphatic hydroxyl groups excluding tert-OH is 1. The minimum atomic E-state index is -1.06. The smallest absolute Gasteiger partial charge is 0.353 e. The number of amides is 1. The minimum absolute atomic E-state index is 0.117.